The summed E-state index contributed by atoms with van der Waals surface area (Å²) in [5, 5.41) is 0. The third kappa shape index (κ3) is 3.91. The zero-order chi connectivity index (χ0) is 15.7. The Morgan fingerprint density at radius 1 is 0.750 bits per heavy atom. The molecule has 1 aliphatic carbocycles. The molecule has 3 N–H and O–H groups in total. The van der Waals surface area contributed by atoms with Crippen molar-refractivity contribution in [3.8, 4) is 0 Å². The highest BCUT2D eigenvalue weighted by Gasteiger charge is 2.29. The summed E-state index contributed by atoms with van der Waals surface area (Å²) in [5.74, 6) is 1.43. The van der Waals surface area contributed by atoms with Gasteiger partial charge in [0.15, 0.2) is 0 Å². The number of nitrogens with zero attached hydrogens (tertiary/aromatic N) is 2. The van der Waals surface area contributed by atoms with Crippen molar-refractivity contribution in [2.75, 3.05) is 38.0 Å². The fourth-order valence-corrected chi connectivity index (χ4v) is 2.70. The van der Waals surface area contributed by atoms with Crippen molar-refractivity contribution in [3.63, 3.8) is 0 Å². The molecule has 0 atom stereocenters. The standard InChI is InChI=1S/C20H23N2.2H2O/c1-21(2)19-9-5-15(6-10-19)17-13-18(14-17)16-7-11-20(12-8-16)22(3)4;;/h5-13H,14H2,1-4H3;2*1H2/q+1;;/p-1. The van der Waals surface area contributed by atoms with Gasteiger partial charge in [0.05, 0.1) is 23.6 Å². The number of hydrogen-bond acceptors (Lipinski definition) is 3. The molecule has 0 bridgehead atoms. The van der Waals surface area contributed by atoms with Gasteiger partial charge in [-0.25, -0.2) is 0 Å². The molecule has 0 heterocycles. The maximum absolute atomic E-state index is 2.31. The Hall–Kier alpha value is -2.43. The SMILES string of the molecule is CN(C)c1ccc(C2=C[C+](c3ccc(N(C)C)cc3)C2)cc1.O.[OH-]. The third-order valence-electron chi connectivity index (χ3n) is 4.24. The molecule has 0 saturated heterocycles. The summed E-state index contributed by atoms with van der Waals surface area (Å²) < 4.78 is 0. The van der Waals surface area contributed by atoms with E-state index in [4.69, 9.17) is 0 Å². The average Bonchev–Trinajstić information content (AvgIpc) is 2.47. The molecular formula is C20H26N2O2. The van der Waals surface area contributed by atoms with Crippen LogP contribution in [-0.2, 0) is 0 Å². The fourth-order valence-electron chi connectivity index (χ4n) is 2.70. The minimum atomic E-state index is 0. The number of anilines is 2. The summed E-state index contributed by atoms with van der Waals surface area (Å²) in [7, 11) is 8.28. The fraction of sp³-hybridized carbons (Fsp3) is 0.250. The van der Waals surface area contributed by atoms with Gasteiger partial charge in [0.25, 0.3) is 0 Å². The minimum Gasteiger partial charge on any atom is -0.870 e. The number of benzene rings is 2. The number of allylic oxidation sites excluding steroid dienone is 2. The van der Waals surface area contributed by atoms with Gasteiger partial charge in [-0.1, -0.05) is 0 Å². The molecular weight excluding hydrogens is 300 g/mol. The Bertz CT molecular complexity index is 674. The van der Waals surface area contributed by atoms with Gasteiger partial charge in [0.1, 0.15) is 0 Å². The first-order valence-corrected chi connectivity index (χ1v) is 7.66. The lowest BCUT2D eigenvalue weighted by atomic mass is 9.78. The molecule has 0 aliphatic heterocycles. The van der Waals surface area contributed by atoms with Gasteiger partial charge in [0.2, 0.25) is 0 Å². The first-order valence-electron chi connectivity index (χ1n) is 7.66. The second-order valence-electron chi connectivity index (χ2n) is 6.25. The van der Waals surface area contributed by atoms with Crippen molar-refractivity contribution in [1.29, 1.82) is 0 Å². The summed E-state index contributed by atoms with van der Waals surface area (Å²) >= 11 is 0. The lowest BCUT2D eigenvalue weighted by Crippen LogP contribution is -2.11. The van der Waals surface area contributed by atoms with Crippen molar-refractivity contribution in [2.24, 2.45) is 0 Å². The van der Waals surface area contributed by atoms with Crippen LogP contribution in [0.25, 0.3) is 5.57 Å². The summed E-state index contributed by atoms with van der Waals surface area (Å²) in [6, 6.07) is 17.6. The van der Waals surface area contributed by atoms with Crippen LogP contribution in [0.2, 0.25) is 0 Å². The van der Waals surface area contributed by atoms with Gasteiger partial charge in [-0.3, -0.25) is 0 Å². The van der Waals surface area contributed by atoms with Crippen LogP contribution in [0.5, 0.6) is 0 Å². The first kappa shape index (κ1) is 19.6. The lowest BCUT2D eigenvalue weighted by molar-refractivity contribution is 0.823. The van der Waals surface area contributed by atoms with Crippen LogP contribution in [0.15, 0.2) is 54.6 Å². The van der Waals surface area contributed by atoms with Crippen LogP contribution >= 0.6 is 0 Å². The van der Waals surface area contributed by atoms with E-state index in [1.54, 1.807) is 0 Å². The summed E-state index contributed by atoms with van der Waals surface area (Å²) in [6.45, 7) is 0. The second-order valence-corrected chi connectivity index (χ2v) is 6.25. The van der Waals surface area contributed by atoms with Crippen LogP contribution < -0.4 is 9.80 Å². The Labute approximate surface area is 144 Å². The normalized spacial score (nSPS) is 12.3. The van der Waals surface area contributed by atoms with Crippen molar-refractivity contribution in [2.45, 2.75) is 6.42 Å². The first-order chi connectivity index (χ1) is 10.5. The van der Waals surface area contributed by atoms with E-state index in [2.05, 4.69) is 92.6 Å². The van der Waals surface area contributed by atoms with Crippen molar-refractivity contribution >= 4 is 16.9 Å². The van der Waals surface area contributed by atoms with E-state index in [0.29, 0.717) is 0 Å². The molecule has 0 aromatic heterocycles. The highest BCUT2D eigenvalue weighted by molar-refractivity contribution is 5.79. The van der Waals surface area contributed by atoms with Crippen molar-refractivity contribution in [1.82, 2.24) is 0 Å². The highest BCUT2D eigenvalue weighted by Crippen LogP contribution is 2.40. The largest absolute Gasteiger partial charge is 0.870 e. The predicted molar refractivity (Wildman–Crippen MR) is 102 cm³/mol. The maximum Gasteiger partial charge on any atom is 0.0996 e. The van der Waals surface area contributed by atoms with E-state index < -0.39 is 0 Å². The topological polar surface area (TPSA) is 68.0 Å². The molecule has 3 rings (SSSR count). The van der Waals surface area contributed by atoms with Crippen LogP contribution in [0.3, 0.4) is 0 Å². The molecule has 0 radical (unpaired) electrons. The Morgan fingerprint density at radius 3 is 1.58 bits per heavy atom. The summed E-state index contributed by atoms with van der Waals surface area (Å²) in [5.41, 5.74) is 6.58. The van der Waals surface area contributed by atoms with Gasteiger partial charge in [-0.15, -0.1) is 0 Å². The van der Waals surface area contributed by atoms with E-state index in [9.17, 15) is 0 Å². The van der Waals surface area contributed by atoms with Crippen molar-refractivity contribution < 1.29 is 11.0 Å². The van der Waals surface area contributed by atoms with E-state index in [-0.39, 0.29) is 11.0 Å². The van der Waals surface area contributed by atoms with Crippen LogP contribution in [0, 0.1) is 5.92 Å². The monoisotopic (exact) mass is 326 g/mol. The molecule has 4 heteroatoms. The van der Waals surface area contributed by atoms with E-state index in [1.165, 1.54) is 34.0 Å². The Morgan fingerprint density at radius 2 is 1.17 bits per heavy atom. The van der Waals surface area contributed by atoms with Gasteiger partial charge in [-0.05, 0) is 24.3 Å². The second kappa shape index (κ2) is 7.90. The lowest BCUT2D eigenvalue weighted by Gasteiger charge is -2.20. The molecule has 24 heavy (non-hydrogen) atoms. The zero-order valence-electron chi connectivity index (χ0n) is 14.7. The molecule has 0 saturated carbocycles. The Balaban J connectivity index is 0.00000144. The third-order valence-corrected chi connectivity index (χ3v) is 4.24. The maximum atomic E-state index is 2.31. The molecule has 2 aromatic rings. The van der Waals surface area contributed by atoms with Gasteiger partial charge >= 0.3 is 0 Å². The zero-order valence-corrected chi connectivity index (χ0v) is 14.7. The van der Waals surface area contributed by atoms with Gasteiger partial charge < -0.3 is 20.8 Å². The molecule has 4 nitrogen and oxygen atoms in total. The molecule has 128 valence electrons. The predicted octanol–water partition coefficient (Wildman–Crippen LogP) is 3.23. The quantitative estimate of drug-likeness (QED) is 0.810. The van der Waals surface area contributed by atoms with E-state index >= 15 is 0 Å². The summed E-state index contributed by atoms with van der Waals surface area (Å²) in [4.78, 5) is 4.26. The molecule has 0 fully saturated rings. The van der Waals surface area contributed by atoms with Crippen molar-refractivity contribution in [3.05, 3.63) is 71.7 Å². The molecule has 1 aliphatic rings. The molecule has 0 amide bonds. The minimum absolute atomic E-state index is 0. The average molecular weight is 326 g/mol. The smallest absolute Gasteiger partial charge is 0.0996 e. The molecule has 0 unspecified atom stereocenters. The van der Waals surface area contributed by atoms with Crippen LogP contribution in [-0.4, -0.2) is 39.1 Å². The Kier molecular flexibility index (Phi) is 6.46. The van der Waals surface area contributed by atoms with E-state index in [0.717, 1.165) is 6.42 Å². The van der Waals surface area contributed by atoms with Gasteiger partial charge in [-0.2, -0.15) is 0 Å². The number of rotatable bonds is 4. The van der Waals surface area contributed by atoms with Crippen LogP contribution in [0.1, 0.15) is 17.5 Å². The van der Waals surface area contributed by atoms with Gasteiger partial charge in [0, 0.05) is 75.4 Å². The number of hydrogen-bond donors (Lipinski definition) is 0. The molecule has 0 spiro atoms. The highest BCUT2D eigenvalue weighted by atomic mass is 16.0. The summed E-state index contributed by atoms with van der Waals surface area (Å²) in [6.07, 6.45) is 3.37. The molecule has 2 aromatic carbocycles. The van der Waals surface area contributed by atoms with E-state index in [1.807, 2.05) is 0 Å². The van der Waals surface area contributed by atoms with Crippen LogP contribution in [0.4, 0.5) is 11.4 Å².